The van der Waals surface area contributed by atoms with Crippen LogP contribution in [0, 0.1) is 5.82 Å². The highest BCUT2D eigenvalue weighted by molar-refractivity contribution is 6.01. The molecule has 0 heterocycles. The summed E-state index contributed by atoms with van der Waals surface area (Å²) >= 11 is 0. The summed E-state index contributed by atoms with van der Waals surface area (Å²) in [5.74, 6) is -0.0736. The standard InChI is InChI=1S/C26H26FNO6/c1-31-25-14-18(16-33-21-11-9-19(22(27)15-21)10-13-26(29)30)8-12-24(25)34-17-23(28-32-2)20-6-4-3-5-7-20/h3-9,11-12,14-15H,10,13,16-17H2,1-2H3,(H,29,30)/b28-23+. The fourth-order valence-electron chi connectivity index (χ4n) is 3.20. The summed E-state index contributed by atoms with van der Waals surface area (Å²) in [5, 5.41) is 12.8. The highest BCUT2D eigenvalue weighted by Crippen LogP contribution is 2.29. The van der Waals surface area contributed by atoms with Crippen LogP contribution >= 0.6 is 0 Å². The lowest BCUT2D eigenvalue weighted by Crippen LogP contribution is -2.14. The first-order valence-corrected chi connectivity index (χ1v) is 10.6. The van der Waals surface area contributed by atoms with E-state index in [0.717, 1.165) is 11.1 Å². The minimum Gasteiger partial charge on any atom is -0.493 e. The minimum atomic E-state index is -0.969. The van der Waals surface area contributed by atoms with Crippen molar-refractivity contribution in [1.29, 1.82) is 0 Å². The quantitative estimate of drug-likeness (QED) is 0.302. The smallest absolute Gasteiger partial charge is 0.303 e. The number of hydrogen-bond acceptors (Lipinski definition) is 6. The molecule has 0 amide bonds. The van der Waals surface area contributed by atoms with Crippen LogP contribution in [0.3, 0.4) is 0 Å². The summed E-state index contributed by atoms with van der Waals surface area (Å²) in [4.78, 5) is 15.6. The highest BCUT2D eigenvalue weighted by Gasteiger charge is 2.11. The third-order valence-electron chi connectivity index (χ3n) is 4.94. The Balaban J connectivity index is 1.63. The zero-order valence-electron chi connectivity index (χ0n) is 19.0. The van der Waals surface area contributed by atoms with Crippen LogP contribution in [0.15, 0.2) is 71.9 Å². The Kier molecular flexibility index (Phi) is 8.85. The molecule has 3 aromatic rings. The van der Waals surface area contributed by atoms with Gasteiger partial charge in [0.1, 0.15) is 37.6 Å². The molecular formula is C26H26FNO6. The van der Waals surface area contributed by atoms with Gasteiger partial charge in [0.05, 0.1) is 7.11 Å². The number of aliphatic carboxylic acids is 1. The van der Waals surface area contributed by atoms with E-state index in [1.165, 1.54) is 19.2 Å². The van der Waals surface area contributed by atoms with Gasteiger partial charge >= 0.3 is 5.97 Å². The second-order valence-corrected chi connectivity index (χ2v) is 7.30. The summed E-state index contributed by atoms with van der Waals surface area (Å²) in [6.07, 6.45) is -0.00329. The van der Waals surface area contributed by atoms with Crippen molar-refractivity contribution in [2.75, 3.05) is 20.8 Å². The van der Waals surface area contributed by atoms with Gasteiger partial charge in [-0.3, -0.25) is 4.79 Å². The average Bonchev–Trinajstić information content (AvgIpc) is 2.85. The number of carbonyl (C=O) groups is 1. The summed E-state index contributed by atoms with van der Waals surface area (Å²) in [6, 6.07) is 19.4. The van der Waals surface area contributed by atoms with Gasteiger partial charge in [-0.1, -0.05) is 47.6 Å². The lowest BCUT2D eigenvalue weighted by atomic mass is 10.1. The number of hydrogen-bond donors (Lipinski definition) is 1. The number of carboxylic acid groups (broad SMARTS) is 1. The van der Waals surface area contributed by atoms with Gasteiger partial charge in [-0.05, 0) is 35.7 Å². The molecule has 34 heavy (non-hydrogen) atoms. The molecule has 8 heteroatoms. The van der Waals surface area contributed by atoms with Crippen LogP contribution in [0.2, 0.25) is 0 Å². The normalized spacial score (nSPS) is 11.1. The van der Waals surface area contributed by atoms with Crippen molar-refractivity contribution in [2.45, 2.75) is 19.4 Å². The van der Waals surface area contributed by atoms with E-state index in [1.807, 2.05) is 36.4 Å². The minimum absolute atomic E-state index is 0.126. The van der Waals surface area contributed by atoms with Gasteiger partial charge in [0.2, 0.25) is 0 Å². The maximum atomic E-state index is 14.2. The van der Waals surface area contributed by atoms with Gasteiger partial charge in [-0.15, -0.1) is 0 Å². The van der Waals surface area contributed by atoms with Crippen molar-refractivity contribution in [3.8, 4) is 17.2 Å². The predicted molar refractivity (Wildman–Crippen MR) is 125 cm³/mol. The molecular weight excluding hydrogens is 441 g/mol. The number of ether oxygens (including phenoxy) is 3. The van der Waals surface area contributed by atoms with E-state index in [4.69, 9.17) is 24.2 Å². The molecule has 1 N–H and O–H groups in total. The molecule has 0 saturated carbocycles. The lowest BCUT2D eigenvalue weighted by Gasteiger charge is -2.14. The van der Waals surface area contributed by atoms with E-state index in [9.17, 15) is 9.18 Å². The van der Waals surface area contributed by atoms with Gasteiger partial charge in [0.15, 0.2) is 11.5 Å². The van der Waals surface area contributed by atoms with Crippen LogP contribution in [0.5, 0.6) is 17.2 Å². The first kappa shape index (κ1) is 24.6. The van der Waals surface area contributed by atoms with Gasteiger partial charge in [-0.25, -0.2) is 4.39 Å². The number of oxime groups is 1. The Hall–Kier alpha value is -4.07. The third-order valence-corrected chi connectivity index (χ3v) is 4.94. The molecule has 0 bridgehead atoms. The van der Waals surface area contributed by atoms with Crippen molar-refractivity contribution in [1.82, 2.24) is 0 Å². The fourth-order valence-corrected chi connectivity index (χ4v) is 3.20. The Morgan fingerprint density at radius 2 is 1.76 bits per heavy atom. The van der Waals surface area contributed by atoms with Crippen molar-refractivity contribution < 1.29 is 33.3 Å². The summed E-state index contributed by atoms with van der Waals surface area (Å²) in [7, 11) is 3.02. The molecule has 0 aliphatic carbocycles. The van der Waals surface area contributed by atoms with Gasteiger partial charge in [0.25, 0.3) is 0 Å². The molecule has 0 aliphatic heterocycles. The Morgan fingerprint density at radius 1 is 0.971 bits per heavy atom. The van der Waals surface area contributed by atoms with Crippen LogP contribution in [0.25, 0.3) is 0 Å². The lowest BCUT2D eigenvalue weighted by molar-refractivity contribution is -0.136. The first-order valence-electron chi connectivity index (χ1n) is 10.6. The van der Waals surface area contributed by atoms with E-state index >= 15 is 0 Å². The Labute approximate surface area is 197 Å². The molecule has 0 fully saturated rings. The maximum Gasteiger partial charge on any atom is 0.303 e. The van der Waals surface area contributed by atoms with E-state index in [0.29, 0.717) is 28.5 Å². The van der Waals surface area contributed by atoms with E-state index in [2.05, 4.69) is 5.16 Å². The van der Waals surface area contributed by atoms with Crippen LogP contribution < -0.4 is 14.2 Å². The maximum absolute atomic E-state index is 14.2. The predicted octanol–water partition coefficient (Wildman–Crippen LogP) is 4.86. The average molecular weight is 467 g/mol. The number of aryl methyl sites for hydroxylation is 1. The van der Waals surface area contributed by atoms with Crippen LogP contribution in [-0.2, 0) is 22.7 Å². The molecule has 0 unspecified atom stereocenters. The fraction of sp³-hybridized carbons (Fsp3) is 0.231. The van der Waals surface area contributed by atoms with Crippen LogP contribution in [0.1, 0.15) is 23.1 Å². The Morgan fingerprint density at radius 3 is 2.44 bits per heavy atom. The molecule has 0 saturated heterocycles. The molecule has 0 aromatic heterocycles. The van der Waals surface area contributed by atoms with Crippen LogP contribution in [-0.4, -0.2) is 37.6 Å². The van der Waals surface area contributed by atoms with E-state index < -0.39 is 11.8 Å². The van der Waals surface area contributed by atoms with Crippen molar-refractivity contribution >= 4 is 11.7 Å². The highest BCUT2D eigenvalue weighted by atomic mass is 19.1. The summed E-state index contributed by atoms with van der Waals surface area (Å²) in [6.45, 7) is 0.364. The second kappa shape index (κ2) is 12.2. The molecule has 3 rings (SSSR count). The number of nitrogens with zero attached hydrogens (tertiary/aromatic N) is 1. The van der Waals surface area contributed by atoms with E-state index in [1.54, 1.807) is 25.3 Å². The van der Waals surface area contributed by atoms with E-state index in [-0.39, 0.29) is 26.1 Å². The molecule has 178 valence electrons. The topological polar surface area (TPSA) is 86.6 Å². The zero-order valence-corrected chi connectivity index (χ0v) is 19.0. The second-order valence-electron chi connectivity index (χ2n) is 7.30. The van der Waals surface area contributed by atoms with Gasteiger partial charge < -0.3 is 24.2 Å². The summed E-state index contributed by atoms with van der Waals surface area (Å²) < 4.78 is 31.3. The number of rotatable bonds is 12. The number of methoxy groups -OCH3 is 1. The molecule has 0 spiro atoms. The number of carboxylic acids is 1. The monoisotopic (exact) mass is 467 g/mol. The first-order chi connectivity index (χ1) is 16.5. The van der Waals surface area contributed by atoms with Crippen LogP contribution in [0.4, 0.5) is 4.39 Å². The van der Waals surface area contributed by atoms with Gasteiger partial charge in [-0.2, -0.15) is 0 Å². The zero-order chi connectivity index (χ0) is 24.3. The van der Waals surface area contributed by atoms with Gasteiger partial charge in [0, 0.05) is 18.1 Å². The molecule has 0 radical (unpaired) electrons. The number of benzene rings is 3. The summed E-state index contributed by atoms with van der Waals surface area (Å²) in [5.41, 5.74) is 2.65. The molecule has 3 aromatic carbocycles. The molecule has 7 nitrogen and oxygen atoms in total. The SMILES string of the molecule is CO/N=C(\COc1ccc(COc2ccc(CCC(=O)O)c(F)c2)cc1OC)c1ccccc1. The third kappa shape index (κ3) is 6.96. The molecule has 0 atom stereocenters. The molecule has 0 aliphatic rings. The van der Waals surface area contributed by atoms with Crippen molar-refractivity contribution in [2.24, 2.45) is 5.16 Å². The number of halogens is 1. The van der Waals surface area contributed by atoms with Crippen molar-refractivity contribution in [3.63, 3.8) is 0 Å². The largest absolute Gasteiger partial charge is 0.493 e. The Bertz CT molecular complexity index is 1130. The van der Waals surface area contributed by atoms with Crippen molar-refractivity contribution in [3.05, 3.63) is 89.2 Å².